The second kappa shape index (κ2) is 12.3. The summed E-state index contributed by atoms with van der Waals surface area (Å²) < 4.78 is 18.9. The summed E-state index contributed by atoms with van der Waals surface area (Å²) in [6.07, 6.45) is 1.91. The highest BCUT2D eigenvalue weighted by Crippen LogP contribution is 2.47. The predicted molar refractivity (Wildman–Crippen MR) is 166 cm³/mol. The van der Waals surface area contributed by atoms with Crippen molar-refractivity contribution in [1.82, 2.24) is 9.88 Å². The van der Waals surface area contributed by atoms with Crippen molar-refractivity contribution in [3.05, 3.63) is 132 Å². The van der Waals surface area contributed by atoms with E-state index < -0.39 is 11.7 Å². The maximum absolute atomic E-state index is 13.8. The summed E-state index contributed by atoms with van der Waals surface area (Å²) in [5, 5.41) is 11.8. The molecule has 1 aromatic heterocycles. The number of nitrogens with zero attached hydrogens (tertiary/aromatic N) is 1. The van der Waals surface area contributed by atoms with Crippen molar-refractivity contribution < 1.29 is 24.1 Å². The monoisotopic (exact) mass is 576 g/mol. The number of amides is 1. The van der Waals surface area contributed by atoms with Gasteiger partial charge in [-0.3, -0.25) is 4.79 Å². The summed E-state index contributed by atoms with van der Waals surface area (Å²) in [7, 11) is 3.30. The average Bonchev–Trinajstić information content (AvgIpc) is 3.65. The molecule has 0 saturated carbocycles. The summed E-state index contributed by atoms with van der Waals surface area (Å²) >= 11 is 0. The van der Waals surface area contributed by atoms with Crippen molar-refractivity contribution in [2.75, 3.05) is 27.4 Å². The molecule has 1 saturated heterocycles. The van der Waals surface area contributed by atoms with Gasteiger partial charge in [-0.2, -0.15) is 0 Å². The van der Waals surface area contributed by atoms with Crippen LogP contribution in [0.25, 0.3) is 10.9 Å². The number of carbonyl (C=O) groups excluding carboxylic acids is 1. The fraction of sp³-hybridized carbons (Fsp3) is 0.250. The lowest BCUT2D eigenvalue weighted by Gasteiger charge is -2.39. The Morgan fingerprint density at radius 3 is 2.14 bits per heavy atom. The molecule has 2 atom stereocenters. The number of fused-ring (bicyclic) bond motifs is 1. The molecular formula is C36H36N2O5. The SMILES string of the molecule is COc1ccccc1C(OCC1CC(O)CN1C(=O)Cc1c[nH]c2ccccc12)(c1ccccc1)c1ccccc1OC. The molecule has 7 nitrogen and oxygen atoms in total. The lowest BCUT2D eigenvalue weighted by Crippen LogP contribution is -2.43. The molecule has 2 heterocycles. The third-order valence-electron chi connectivity index (χ3n) is 8.37. The standard InChI is InChI=1S/C36H36N2O5/c1-41-33-18-10-7-15-30(33)36(26-12-4-3-5-13-26,31-16-8-11-19-34(31)42-2)43-24-27-21-28(39)23-38(27)35(40)20-25-22-37-32-17-9-6-14-29(25)32/h3-19,22,27-28,37,39H,20-21,23-24H2,1-2H3. The van der Waals surface area contributed by atoms with Gasteiger partial charge in [0.1, 0.15) is 11.5 Å². The van der Waals surface area contributed by atoms with Crippen LogP contribution in [0.3, 0.4) is 0 Å². The Hall–Kier alpha value is -4.59. The zero-order valence-electron chi connectivity index (χ0n) is 24.4. The molecule has 0 aliphatic carbocycles. The lowest BCUT2D eigenvalue weighted by molar-refractivity contribution is -0.133. The zero-order valence-corrected chi connectivity index (χ0v) is 24.4. The van der Waals surface area contributed by atoms with Crippen molar-refractivity contribution in [2.45, 2.75) is 30.6 Å². The lowest BCUT2D eigenvalue weighted by atomic mass is 9.79. The third-order valence-corrected chi connectivity index (χ3v) is 8.37. The van der Waals surface area contributed by atoms with Crippen LogP contribution >= 0.6 is 0 Å². The molecule has 220 valence electrons. The number of benzene rings is 4. The van der Waals surface area contributed by atoms with Gasteiger partial charge in [0.25, 0.3) is 0 Å². The molecule has 2 unspecified atom stereocenters. The first-order valence-corrected chi connectivity index (χ1v) is 14.5. The average molecular weight is 577 g/mol. The Bertz CT molecular complexity index is 1650. The van der Waals surface area contributed by atoms with E-state index in [0.29, 0.717) is 17.9 Å². The topological polar surface area (TPSA) is 84.0 Å². The van der Waals surface area contributed by atoms with Gasteiger partial charge in [-0.15, -0.1) is 0 Å². The molecule has 43 heavy (non-hydrogen) atoms. The number of aromatic amines is 1. The van der Waals surface area contributed by atoms with E-state index in [-0.39, 0.29) is 31.5 Å². The Balaban J connectivity index is 1.40. The van der Waals surface area contributed by atoms with Gasteiger partial charge in [0, 0.05) is 34.8 Å². The summed E-state index contributed by atoms with van der Waals surface area (Å²) in [6.45, 7) is 0.443. The summed E-state index contributed by atoms with van der Waals surface area (Å²) in [4.78, 5) is 18.8. The van der Waals surface area contributed by atoms with Gasteiger partial charge < -0.3 is 29.2 Å². The van der Waals surface area contributed by atoms with Crippen molar-refractivity contribution in [1.29, 1.82) is 0 Å². The largest absolute Gasteiger partial charge is 0.496 e. The molecule has 0 spiro atoms. The quantitative estimate of drug-likeness (QED) is 0.209. The first kappa shape index (κ1) is 28.5. The molecular weight excluding hydrogens is 540 g/mol. The number of para-hydroxylation sites is 3. The number of hydrogen-bond acceptors (Lipinski definition) is 5. The van der Waals surface area contributed by atoms with Crippen LogP contribution < -0.4 is 9.47 Å². The summed E-state index contributed by atoms with van der Waals surface area (Å²) in [5.74, 6) is 1.28. The third kappa shape index (κ3) is 5.38. The predicted octanol–water partition coefficient (Wildman–Crippen LogP) is 5.70. The van der Waals surface area contributed by atoms with Gasteiger partial charge in [-0.1, -0.05) is 84.9 Å². The van der Waals surface area contributed by atoms with Crippen LogP contribution in [0.5, 0.6) is 11.5 Å². The van der Waals surface area contributed by atoms with Crippen LogP contribution in [0.4, 0.5) is 0 Å². The highest BCUT2D eigenvalue weighted by molar-refractivity contribution is 5.89. The molecule has 1 aliphatic heterocycles. The number of aromatic nitrogens is 1. The maximum atomic E-state index is 13.8. The number of hydrogen-bond donors (Lipinski definition) is 2. The number of rotatable bonds is 10. The van der Waals surface area contributed by atoms with Crippen molar-refractivity contribution in [3.63, 3.8) is 0 Å². The minimum absolute atomic E-state index is 0.0465. The van der Waals surface area contributed by atoms with Crippen molar-refractivity contribution >= 4 is 16.8 Å². The van der Waals surface area contributed by atoms with Crippen LogP contribution in [0.2, 0.25) is 0 Å². The Morgan fingerprint density at radius 1 is 0.860 bits per heavy atom. The molecule has 1 fully saturated rings. The molecule has 5 aromatic rings. The van der Waals surface area contributed by atoms with E-state index in [1.54, 1.807) is 19.1 Å². The molecule has 0 radical (unpaired) electrons. The highest BCUT2D eigenvalue weighted by atomic mass is 16.5. The Kier molecular flexibility index (Phi) is 8.18. The first-order chi connectivity index (χ1) is 21.0. The van der Waals surface area contributed by atoms with E-state index in [9.17, 15) is 9.90 Å². The number of β-amino-alcohol motifs (C(OH)–C–C–N with tert-alkyl or cyclic N) is 1. The number of aliphatic hydroxyl groups excluding tert-OH is 1. The number of ether oxygens (including phenoxy) is 3. The Labute approximate surface area is 251 Å². The van der Waals surface area contributed by atoms with Crippen LogP contribution in [-0.4, -0.2) is 60.4 Å². The van der Waals surface area contributed by atoms with Gasteiger partial charge in [-0.25, -0.2) is 0 Å². The van der Waals surface area contributed by atoms with Crippen LogP contribution in [0.1, 0.15) is 28.7 Å². The normalized spacial score (nSPS) is 16.9. The second-order valence-corrected chi connectivity index (χ2v) is 10.9. The molecule has 7 heteroatoms. The number of H-pyrrole nitrogens is 1. The van der Waals surface area contributed by atoms with Crippen LogP contribution in [0.15, 0.2) is 109 Å². The van der Waals surface area contributed by atoms with E-state index in [0.717, 1.165) is 33.2 Å². The maximum Gasteiger partial charge on any atom is 0.227 e. The molecule has 2 N–H and O–H groups in total. The molecule has 0 bridgehead atoms. The number of carbonyl (C=O) groups is 1. The van der Waals surface area contributed by atoms with Crippen LogP contribution in [0, 0.1) is 0 Å². The highest BCUT2D eigenvalue weighted by Gasteiger charge is 2.44. The second-order valence-electron chi connectivity index (χ2n) is 10.9. The number of likely N-dealkylation sites (tertiary alicyclic amines) is 1. The van der Waals surface area contributed by atoms with E-state index in [4.69, 9.17) is 14.2 Å². The number of nitrogens with one attached hydrogen (secondary N) is 1. The van der Waals surface area contributed by atoms with E-state index >= 15 is 0 Å². The fourth-order valence-electron chi connectivity index (χ4n) is 6.36. The van der Waals surface area contributed by atoms with Crippen LogP contribution in [-0.2, 0) is 21.6 Å². The first-order valence-electron chi connectivity index (χ1n) is 14.5. The zero-order chi connectivity index (χ0) is 29.8. The summed E-state index contributed by atoms with van der Waals surface area (Å²) in [5.41, 5.74) is 3.29. The van der Waals surface area contributed by atoms with Gasteiger partial charge in [-0.05, 0) is 35.7 Å². The van der Waals surface area contributed by atoms with Gasteiger partial charge in [0.2, 0.25) is 5.91 Å². The minimum Gasteiger partial charge on any atom is -0.496 e. The van der Waals surface area contributed by atoms with Crippen molar-refractivity contribution in [2.24, 2.45) is 0 Å². The van der Waals surface area contributed by atoms with Gasteiger partial charge >= 0.3 is 0 Å². The molecule has 1 aliphatic rings. The summed E-state index contributed by atoms with van der Waals surface area (Å²) in [6, 6.07) is 33.2. The molecule has 4 aromatic carbocycles. The van der Waals surface area contributed by atoms with E-state index in [1.807, 2.05) is 109 Å². The number of methoxy groups -OCH3 is 2. The van der Waals surface area contributed by atoms with Gasteiger partial charge in [0.15, 0.2) is 5.60 Å². The Morgan fingerprint density at radius 2 is 1.47 bits per heavy atom. The van der Waals surface area contributed by atoms with E-state index in [1.165, 1.54) is 0 Å². The molecule has 6 rings (SSSR count). The van der Waals surface area contributed by atoms with E-state index in [2.05, 4.69) is 4.98 Å². The molecule has 1 amide bonds. The van der Waals surface area contributed by atoms with Crippen molar-refractivity contribution in [3.8, 4) is 11.5 Å². The fourth-order valence-corrected chi connectivity index (χ4v) is 6.36. The van der Waals surface area contributed by atoms with Gasteiger partial charge in [0.05, 0.1) is 39.4 Å². The number of aliphatic hydroxyl groups is 1. The minimum atomic E-state index is -1.14. The smallest absolute Gasteiger partial charge is 0.227 e.